The van der Waals surface area contributed by atoms with Gasteiger partial charge < -0.3 is 10.7 Å². The maximum Gasteiger partial charge on any atom is 0.276 e. The predicted molar refractivity (Wildman–Crippen MR) is 84.7 cm³/mol. The van der Waals surface area contributed by atoms with Crippen molar-refractivity contribution in [3.63, 3.8) is 0 Å². The highest BCUT2D eigenvalue weighted by molar-refractivity contribution is 14.1. The molecular formula is C11H9BrIN5O. The van der Waals surface area contributed by atoms with Crippen molar-refractivity contribution in [2.75, 3.05) is 10.7 Å². The van der Waals surface area contributed by atoms with E-state index in [0.717, 1.165) is 8.04 Å². The first-order valence-corrected chi connectivity index (χ1v) is 7.04. The Labute approximate surface area is 131 Å². The van der Waals surface area contributed by atoms with Gasteiger partial charge in [-0.25, -0.2) is 5.84 Å². The van der Waals surface area contributed by atoms with Crippen LogP contribution in [0.25, 0.3) is 0 Å². The van der Waals surface area contributed by atoms with E-state index in [-0.39, 0.29) is 11.6 Å². The van der Waals surface area contributed by atoms with Crippen LogP contribution in [0.1, 0.15) is 10.5 Å². The van der Waals surface area contributed by atoms with E-state index in [1.807, 2.05) is 12.1 Å². The Bertz CT molecular complexity index is 605. The number of benzene rings is 1. The van der Waals surface area contributed by atoms with Gasteiger partial charge in [0.15, 0.2) is 11.5 Å². The molecule has 1 aromatic heterocycles. The van der Waals surface area contributed by atoms with Crippen molar-refractivity contribution in [3.05, 3.63) is 44.1 Å². The van der Waals surface area contributed by atoms with Gasteiger partial charge >= 0.3 is 0 Å². The van der Waals surface area contributed by atoms with E-state index in [4.69, 9.17) is 5.84 Å². The second-order valence-electron chi connectivity index (χ2n) is 3.53. The topological polar surface area (TPSA) is 92.9 Å². The van der Waals surface area contributed by atoms with Gasteiger partial charge in [-0.15, -0.1) is 10.2 Å². The zero-order chi connectivity index (χ0) is 13.8. The van der Waals surface area contributed by atoms with Crippen molar-refractivity contribution in [2.45, 2.75) is 0 Å². The summed E-state index contributed by atoms with van der Waals surface area (Å²) in [6.07, 6.45) is 0. The molecule has 0 spiro atoms. The number of hydrogen-bond acceptors (Lipinski definition) is 5. The third-order valence-corrected chi connectivity index (χ3v) is 4.55. The summed E-state index contributed by atoms with van der Waals surface area (Å²) < 4.78 is 1.98. The van der Waals surface area contributed by atoms with Gasteiger partial charge in [0.25, 0.3) is 5.91 Å². The van der Waals surface area contributed by atoms with Crippen LogP contribution in [0.3, 0.4) is 0 Å². The minimum atomic E-state index is -0.325. The van der Waals surface area contributed by atoms with Crippen molar-refractivity contribution < 1.29 is 4.79 Å². The Balaban J connectivity index is 2.13. The standard InChI is InChI=1S/C11H9BrIN5O/c12-7-2-1-6(5-8(7)13)15-11(19)9-3-4-10(16-14)18-17-9/h1-5H,14H2,(H,15,19)(H,16,18). The first-order chi connectivity index (χ1) is 9.10. The first-order valence-electron chi connectivity index (χ1n) is 5.17. The lowest BCUT2D eigenvalue weighted by molar-refractivity contribution is 0.102. The van der Waals surface area contributed by atoms with Gasteiger partial charge in [-0.3, -0.25) is 4.79 Å². The first kappa shape index (κ1) is 14.2. The summed E-state index contributed by atoms with van der Waals surface area (Å²) in [5, 5.41) is 10.3. The lowest BCUT2D eigenvalue weighted by Gasteiger charge is -2.06. The molecule has 1 aromatic carbocycles. The van der Waals surface area contributed by atoms with Crippen LogP contribution in [-0.4, -0.2) is 16.1 Å². The van der Waals surface area contributed by atoms with Crippen LogP contribution < -0.4 is 16.6 Å². The number of hydrogen-bond donors (Lipinski definition) is 3. The normalized spacial score (nSPS) is 10.1. The number of nitrogens with two attached hydrogens (primary N) is 1. The summed E-state index contributed by atoms with van der Waals surface area (Å²) >= 11 is 5.57. The van der Waals surface area contributed by atoms with Gasteiger partial charge in [0.1, 0.15) is 0 Å². The minimum absolute atomic E-state index is 0.219. The van der Waals surface area contributed by atoms with Gasteiger partial charge in [0.2, 0.25) is 0 Å². The summed E-state index contributed by atoms with van der Waals surface area (Å²) in [4.78, 5) is 11.9. The summed E-state index contributed by atoms with van der Waals surface area (Å²) in [5.41, 5.74) is 3.26. The third-order valence-electron chi connectivity index (χ3n) is 2.22. The number of halogens is 2. The second kappa shape index (κ2) is 6.26. The number of amides is 1. The Morgan fingerprint density at radius 3 is 2.63 bits per heavy atom. The lowest BCUT2D eigenvalue weighted by atomic mass is 10.3. The lowest BCUT2D eigenvalue weighted by Crippen LogP contribution is -2.16. The smallest absolute Gasteiger partial charge is 0.276 e. The molecule has 0 radical (unpaired) electrons. The van der Waals surface area contributed by atoms with E-state index >= 15 is 0 Å². The molecule has 8 heteroatoms. The fourth-order valence-electron chi connectivity index (χ4n) is 1.30. The quantitative estimate of drug-likeness (QED) is 0.392. The molecule has 0 fully saturated rings. The molecule has 1 amide bonds. The highest BCUT2D eigenvalue weighted by Crippen LogP contribution is 2.22. The maximum atomic E-state index is 11.9. The molecule has 98 valence electrons. The van der Waals surface area contributed by atoms with Gasteiger partial charge in [-0.05, 0) is 68.9 Å². The molecule has 0 unspecified atom stereocenters. The molecular weight excluding hydrogens is 425 g/mol. The number of nitrogens with zero attached hydrogens (tertiary/aromatic N) is 2. The summed E-state index contributed by atoms with van der Waals surface area (Å²) in [6, 6.07) is 8.64. The molecule has 19 heavy (non-hydrogen) atoms. The molecule has 0 aliphatic heterocycles. The largest absolute Gasteiger partial charge is 0.321 e. The maximum absolute atomic E-state index is 11.9. The highest BCUT2D eigenvalue weighted by Gasteiger charge is 2.09. The average Bonchev–Trinajstić information content (AvgIpc) is 2.43. The molecule has 2 aromatic rings. The molecule has 6 nitrogen and oxygen atoms in total. The van der Waals surface area contributed by atoms with Crippen LogP contribution in [0.15, 0.2) is 34.8 Å². The average molecular weight is 434 g/mol. The molecule has 0 saturated carbocycles. The van der Waals surface area contributed by atoms with Crippen LogP contribution in [0, 0.1) is 3.57 Å². The van der Waals surface area contributed by atoms with E-state index in [1.165, 1.54) is 0 Å². The summed E-state index contributed by atoms with van der Waals surface area (Å²) in [6.45, 7) is 0. The number of rotatable bonds is 3. The molecule has 4 N–H and O–H groups in total. The second-order valence-corrected chi connectivity index (χ2v) is 5.55. The molecule has 2 rings (SSSR count). The zero-order valence-corrected chi connectivity index (χ0v) is 13.3. The molecule has 0 atom stereocenters. The molecule has 0 aliphatic carbocycles. The summed E-state index contributed by atoms with van der Waals surface area (Å²) in [5.74, 6) is 5.25. The van der Waals surface area contributed by atoms with Crippen LogP contribution in [0.4, 0.5) is 11.5 Å². The van der Waals surface area contributed by atoms with E-state index in [0.29, 0.717) is 11.5 Å². The number of aromatic nitrogens is 2. The number of carbonyl (C=O) groups is 1. The monoisotopic (exact) mass is 433 g/mol. The SMILES string of the molecule is NNc1ccc(C(=O)Nc2ccc(Br)c(I)c2)nn1. The van der Waals surface area contributed by atoms with Crippen molar-refractivity contribution in [1.82, 2.24) is 10.2 Å². The van der Waals surface area contributed by atoms with Crippen LogP contribution >= 0.6 is 38.5 Å². The van der Waals surface area contributed by atoms with E-state index in [2.05, 4.69) is 59.5 Å². The van der Waals surface area contributed by atoms with Gasteiger partial charge in [-0.2, -0.15) is 0 Å². The van der Waals surface area contributed by atoms with Gasteiger partial charge in [0, 0.05) is 13.7 Å². The Hall–Kier alpha value is -1.26. The van der Waals surface area contributed by atoms with Gasteiger partial charge in [-0.1, -0.05) is 0 Å². The molecule has 0 aliphatic rings. The van der Waals surface area contributed by atoms with Crippen molar-refractivity contribution in [3.8, 4) is 0 Å². The molecule has 0 bridgehead atoms. The highest BCUT2D eigenvalue weighted by atomic mass is 127. The third kappa shape index (κ3) is 3.61. The van der Waals surface area contributed by atoms with Gasteiger partial charge in [0.05, 0.1) is 0 Å². The van der Waals surface area contributed by atoms with Crippen molar-refractivity contribution >= 4 is 55.9 Å². The van der Waals surface area contributed by atoms with Crippen molar-refractivity contribution in [1.29, 1.82) is 0 Å². The Kier molecular flexibility index (Phi) is 4.66. The number of hydrazine groups is 1. The predicted octanol–water partition coefficient (Wildman–Crippen LogP) is 2.38. The zero-order valence-electron chi connectivity index (χ0n) is 9.52. The summed E-state index contributed by atoms with van der Waals surface area (Å²) in [7, 11) is 0. The van der Waals surface area contributed by atoms with Crippen molar-refractivity contribution in [2.24, 2.45) is 5.84 Å². The Morgan fingerprint density at radius 1 is 1.26 bits per heavy atom. The van der Waals surface area contributed by atoms with E-state index in [9.17, 15) is 4.79 Å². The van der Waals surface area contributed by atoms with E-state index in [1.54, 1.807) is 18.2 Å². The molecule has 0 saturated heterocycles. The minimum Gasteiger partial charge on any atom is -0.321 e. The fourth-order valence-corrected chi connectivity index (χ4v) is 2.06. The van der Waals surface area contributed by atoms with Crippen LogP contribution in [0.2, 0.25) is 0 Å². The fraction of sp³-hybridized carbons (Fsp3) is 0. The molecule has 1 heterocycles. The number of anilines is 2. The number of nitrogens with one attached hydrogen (secondary N) is 2. The van der Waals surface area contributed by atoms with Crippen LogP contribution in [0.5, 0.6) is 0 Å². The number of carbonyl (C=O) groups excluding carboxylic acids is 1. The van der Waals surface area contributed by atoms with E-state index < -0.39 is 0 Å². The Morgan fingerprint density at radius 2 is 2.05 bits per heavy atom. The number of nitrogen functional groups attached to an aromatic ring is 1. The van der Waals surface area contributed by atoms with Crippen LogP contribution in [-0.2, 0) is 0 Å².